The first kappa shape index (κ1) is 39.3. The van der Waals surface area contributed by atoms with E-state index < -0.39 is 0 Å². The van der Waals surface area contributed by atoms with Gasteiger partial charge >= 0.3 is 0 Å². The molecule has 0 spiro atoms. The highest BCUT2D eigenvalue weighted by atomic mass is 16.1. The number of anilines is 1. The van der Waals surface area contributed by atoms with Crippen LogP contribution in [0.2, 0.25) is 0 Å². The van der Waals surface area contributed by atoms with Crippen LogP contribution in [0.4, 0.5) is 5.95 Å². The molecule has 3 aliphatic heterocycles. The van der Waals surface area contributed by atoms with Gasteiger partial charge in [-0.3, -0.25) is 19.2 Å². The Balaban J connectivity index is 1.04. The molecule has 5 heterocycles. The lowest BCUT2D eigenvalue weighted by molar-refractivity contribution is -0.127. The minimum atomic E-state index is 0.0988. The van der Waals surface area contributed by atoms with Crippen molar-refractivity contribution >= 4 is 23.1 Å². The van der Waals surface area contributed by atoms with Gasteiger partial charge in [0.1, 0.15) is 11.6 Å². The molecule has 0 aromatic carbocycles. The number of ketones is 2. The van der Waals surface area contributed by atoms with E-state index in [2.05, 4.69) is 73.2 Å². The molecule has 9 heteroatoms. The van der Waals surface area contributed by atoms with Crippen molar-refractivity contribution in [2.45, 2.75) is 162 Å². The van der Waals surface area contributed by atoms with Gasteiger partial charge in [-0.15, -0.1) is 0 Å². The van der Waals surface area contributed by atoms with Gasteiger partial charge in [-0.1, -0.05) is 47.6 Å². The third-order valence-electron chi connectivity index (χ3n) is 13.9. The molecule has 2 bridgehead atoms. The molecule has 2 aliphatic carbocycles. The topological polar surface area (TPSA) is 87.5 Å². The number of carbonyl (C=O) groups excluding carboxylic acids is 2. The highest BCUT2D eigenvalue weighted by Gasteiger charge is 2.50. The van der Waals surface area contributed by atoms with E-state index in [1.165, 1.54) is 36.2 Å². The van der Waals surface area contributed by atoms with Crippen molar-refractivity contribution in [3.63, 3.8) is 0 Å². The Bertz CT molecular complexity index is 1630. The van der Waals surface area contributed by atoms with Gasteiger partial charge < -0.3 is 9.80 Å². The van der Waals surface area contributed by atoms with Crippen molar-refractivity contribution in [3.8, 4) is 0 Å². The van der Waals surface area contributed by atoms with Crippen LogP contribution in [0.25, 0.3) is 5.57 Å². The van der Waals surface area contributed by atoms with E-state index in [9.17, 15) is 9.59 Å². The Labute approximate surface area is 325 Å². The summed E-state index contributed by atoms with van der Waals surface area (Å²) in [5.74, 6) is 3.54. The number of carbonyl (C=O) groups is 2. The van der Waals surface area contributed by atoms with Gasteiger partial charge in [0.2, 0.25) is 5.95 Å². The number of piperazine rings is 1. The van der Waals surface area contributed by atoms with E-state index in [1.807, 2.05) is 26.2 Å². The quantitative estimate of drug-likeness (QED) is 0.214. The van der Waals surface area contributed by atoms with Gasteiger partial charge in [0, 0.05) is 86.1 Å². The van der Waals surface area contributed by atoms with E-state index in [4.69, 9.17) is 15.1 Å². The molecule has 7 rings (SSSR count). The Morgan fingerprint density at radius 3 is 2.04 bits per heavy atom. The monoisotopic (exact) mass is 740 g/mol. The lowest BCUT2D eigenvalue weighted by atomic mass is 9.77. The molecule has 1 saturated carbocycles. The molecule has 2 aromatic rings. The molecule has 3 saturated heterocycles. The van der Waals surface area contributed by atoms with Gasteiger partial charge in [0.05, 0.1) is 23.8 Å². The molecular formula is C45H69N7O2. The summed E-state index contributed by atoms with van der Waals surface area (Å²) in [5.41, 5.74) is 5.02. The van der Waals surface area contributed by atoms with Crippen LogP contribution >= 0.6 is 0 Å². The molecule has 9 nitrogen and oxygen atoms in total. The number of likely N-dealkylation sites (tertiary alicyclic amines) is 2. The second-order valence-corrected chi connectivity index (χ2v) is 18.9. The number of piperidine rings is 1. The number of hydrogen-bond donors (Lipinski definition) is 0. The first-order chi connectivity index (χ1) is 25.9. The lowest BCUT2D eigenvalue weighted by Gasteiger charge is -2.48. The number of aromatic nitrogens is 4. The zero-order valence-corrected chi connectivity index (χ0v) is 34.7. The number of allylic oxidation sites excluding steroid dienone is 2. The van der Waals surface area contributed by atoms with Crippen LogP contribution in [0, 0.1) is 29.6 Å². The second kappa shape index (κ2) is 16.7. The third-order valence-corrected chi connectivity index (χ3v) is 13.9. The smallest absolute Gasteiger partial charge is 0.225 e. The summed E-state index contributed by atoms with van der Waals surface area (Å²) >= 11 is 0. The number of fused-ring (bicyclic) bond motifs is 2. The molecular weight excluding hydrogens is 671 g/mol. The van der Waals surface area contributed by atoms with Crippen LogP contribution < -0.4 is 4.90 Å². The predicted octanol–water partition coefficient (Wildman–Crippen LogP) is 8.68. The first-order valence-corrected chi connectivity index (χ1v) is 21.8. The maximum atomic E-state index is 12.6. The van der Waals surface area contributed by atoms with E-state index in [-0.39, 0.29) is 29.8 Å². The highest BCUT2D eigenvalue weighted by molar-refractivity contribution is 5.84. The van der Waals surface area contributed by atoms with Crippen LogP contribution in [0.5, 0.6) is 0 Å². The fraction of sp³-hybridized carbons (Fsp3) is 0.756. The first-order valence-electron chi connectivity index (χ1n) is 21.8. The van der Waals surface area contributed by atoms with Gasteiger partial charge in [-0.25, -0.2) is 9.97 Å². The fourth-order valence-electron chi connectivity index (χ4n) is 10.7. The Kier molecular flexibility index (Phi) is 12.1. The van der Waals surface area contributed by atoms with Crippen LogP contribution in [-0.2, 0) is 9.59 Å². The Hall–Kier alpha value is -2.91. The molecule has 54 heavy (non-hydrogen) atoms. The fourth-order valence-corrected chi connectivity index (χ4v) is 10.7. The molecule has 0 amide bonds. The SMILES string of the molecule is CC(C)C(=O)C1CCC(CN2CCC(n3cc(C(C)C)c(C4C5CCC(CN4C(C)C)N5c4ncc(C5=CC[C@H](C(=O)C(C)C)CC5)cn4)n3)CC2)CC1. The molecule has 3 unspecified atom stereocenters. The predicted molar refractivity (Wildman–Crippen MR) is 217 cm³/mol. The summed E-state index contributed by atoms with van der Waals surface area (Å²) in [6.07, 6.45) is 20.5. The zero-order chi connectivity index (χ0) is 38.3. The van der Waals surface area contributed by atoms with E-state index in [1.54, 1.807) is 0 Å². The molecule has 5 aliphatic rings. The second-order valence-electron chi connectivity index (χ2n) is 18.9. The van der Waals surface area contributed by atoms with Crippen LogP contribution in [0.1, 0.15) is 161 Å². The summed E-state index contributed by atoms with van der Waals surface area (Å²) in [5, 5.41) is 5.57. The van der Waals surface area contributed by atoms with Gasteiger partial charge in [-0.05, 0) is 107 Å². The summed E-state index contributed by atoms with van der Waals surface area (Å²) in [4.78, 5) is 43.2. The lowest BCUT2D eigenvalue weighted by Crippen LogP contribution is -2.58. The average molecular weight is 740 g/mol. The number of Topliss-reactive ketones (excluding diaryl/α,β-unsaturated/α-hetero) is 2. The average Bonchev–Trinajstić information content (AvgIpc) is 3.75. The highest BCUT2D eigenvalue weighted by Crippen LogP contribution is 2.46. The molecule has 0 radical (unpaired) electrons. The molecule has 4 fully saturated rings. The number of rotatable bonds is 12. The van der Waals surface area contributed by atoms with Gasteiger partial charge in [0.25, 0.3) is 0 Å². The van der Waals surface area contributed by atoms with Crippen LogP contribution in [0.15, 0.2) is 24.7 Å². The molecule has 0 N–H and O–H groups in total. The maximum absolute atomic E-state index is 12.6. The molecule has 296 valence electrons. The van der Waals surface area contributed by atoms with Crippen LogP contribution in [-0.4, -0.2) is 85.4 Å². The zero-order valence-electron chi connectivity index (χ0n) is 34.7. The molecule has 2 aromatic heterocycles. The van der Waals surface area contributed by atoms with Crippen molar-refractivity contribution < 1.29 is 9.59 Å². The summed E-state index contributed by atoms with van der Waals surface area (Å²) in [6.45, 7) is 21.9. The normalized spacial score (nSPS) is 28.8. The van der Waals surface area contributed by atoms with Gasteiger partial charge in [0.15, 0.2) is 0 Å². The Morgan fingerprint density at radius 2 is 1.44 bits per heavy atom. The Morgan fingerprint density at radius 1 is 0.778 bits per heavy atom. The van der Waals surface area contributed by atoms with Crippen molar-refractivity contribution in [2.24, 2.45) is 29.6 Å². The van der Waals surface area contributed by atoms with E-state index in [0.717, 1.165) is 94.9 Å². The minimum absolute atomic E-state index is 0.0988. The number of nitrogens with zero attached hydrogens (tertiary/aromatic N) is 7. The van der Waals surface area contributed by atoms with Crippen molar-refractivity contribution in [3.05, 3.63) is 41.5 Å². The van der Waals surface area contributed by atoms with Crippen LogP contribution in [0.3, 0.4) is 0 Å². The minimum Gasteiger partial charge on any atom is -0.332 e. The maximum Gasteiger partial charge on any atom is 0.225 e. The number of hydrogen-bond acceptors (Lipinski definition) is 8. The summed E-state index contributed by atoms with van der Waals surface area (Å²) in [6, 6.07) is 1.72. The van der Waals surface area contributed by atoms with Crippen molar-refractivity contribution in [1.82, 2.24) is 29.5 Å². The third kappa shape index (κ3) is 8.14. The van der Waals surface area contributed by atoms with Gasteiger partial charge in [-0.2, -0.15) is 5.10 Å². The van der Waals surface area contributed by atoms with E-state index >= 15 is 0 Å². The largest absolute Gasteiger partial charge is 0.332 e. The van der Waals surface area contributed by atoms with E-state index in [0.29, 0.717) is 41.5 Å². The molecule has 4 atom stereocenters. The van der Waals surface area contributed by atoms with Crippen molar-refractivity contribution in [1.29, 1.82) is 0 Å². The van der Waals surface area contributed by atoms with Crippen molar-refractivity contribution in [2.75, 3.05) is 31.1 Å². The summed E-state index contributed by atoms with van der Waals surface area (Å²) in [7, 11) is 0. The summed E-state index contributed by atoms with van der Waals surface area (Å²) < 4.78 is 2.36. The standard InChI is InChI=1S/C45H69N7O2/c1-28(2)39-27-51(37-19-21-49(22-20-37)25-32-9-11-34(12-10-32)43(53)29(3)4)48-41(39)42-40-18-17-38(26-50(42)31(7)8)52(40)45-46-23-36(24-47-45)33-13-15-35(16-14-33)44(54)30(5)6/h13,23-24,27-32,34-35,37-38,40,42H,9-12,14-22,25-26H2,1-8H3/t32?,34?,35-,38?,40?,42?/m0/s1.